The van der Waals surface area contributed by atoms with Crippen molar-refractivity contribution in [1.29, 1.82) is 0 Å². The summed E-state index contributed by atoms with van der Waals surface area (Å²) in [4.78, 5) is 0. The highest BCUT2D eigenvalue weighted by Crippen LogP contribution is 2.21. The van der Waals surface area contributed by atoms with Gasteiger partial charge in [0.05, 0.1) is 0 Å². The van der Waals surface area contributed by atoms with Crippen LogP contribution in [0.1, 0.15) is 25.3 Å². The minimum absolute atomic E-state index is 0.323. The summed E-state index contributed by atoms with van der Waals surface area (Å²) in [5.74, 6) is 0.323. The molecule has 0 fully saturated rings. The van der Waals surface area contributed by atoms with E-state index in [1.54, 1.807) is 6.07 Å². The van der Waals surface area contributed by atoms with Crippen LogP contribution in [0.15, 0.2) is 18.2 Å². The molecule has 0 amide bonds. The van der Waals surface area contributed by atoms with Gasteiger partial charge in [-0.15, -0.1) is 0 Å². The van der Waals surface area contributed by atoms with E-state index in [0.717, 1.165) is 24.8 Å². The first-order valence-electron chi connectivity index (χ1n) is 4.31. The van der Waals surface area contributed by atoms with Gasteiger partial charge in [0, 0.05) is 11.8 Å². The molecule has 0 spiro atoms. The Labute approximate surface area is 73.0 Å². The summed E-state index contributed by atoms with van der Waals surface area (Å²) in [5.41, 5.74) is 7.11. The lowest BCUT2D eigenvalue weighted by molar-refractivity contribution is 0.467. The summed E-state index contributed by atoms with van der Waals surface area (Å²) in [6.45, 7) is 2.13. The van der Waals surface area contributed by atoms with Crippen LogP contribution in [0.5, 0.6) is 5.75 Å². The zero-order valence-electron chi connectivity index (χ0n) is 7.38. The van der Waals surface area contributed by atoms with Crippen LogP contribution in [0.4, 0.5) is 5.69 Å². The molecule has 0 aliphatic heterocycles. The normalized spacial score (nSPS) is 10.1. The number of aryl methyl sites for hydroxylation is 1. The van der Waals surface area contributed by atoms with Gasteiger partial charge in [0.25, 0.3) is 0 Å². The van der Waals surface area contributed by atoms with Crippen LogP contribution in [0.2, 0.25) is 0 Å². The van der Waals surface area contributed by atoms with Gasteiger partial charge in [-0.1, -0.05) is 19.4 Å². The van der Waals surface area contributed by atoms with E-state index in [0.29, 0.717) is 11.4 Å². The van der Waals surface area contributed by atoms with Gasteiger partial charge in [0.15, 0.2) is 0 Å². The summed E-state index contributed by atoms with van der Waals surface area (Å²) in [5, 5.41) is 9.44. The minimum atomic E-state index is 0.323. The lowest BCUT2D eigenvalue weighted by atomic mass is 10.1. The van der Waals surface area contributed by atoms with Crippen molar-refractivity contribution in [2.75, 3.05) is 5.73 Å². The Morgan fingerprint density at radius 2 is 2.17 bits per heavy atom. The van der Waals surface area contributed by atoms with Gasteiger partial charge in [-0.3, -0.25) is 0 Å². The average molecular weight is 165 g/mol. The summed E-state index contributed by atoms with van der Waals surface area (Å²) >= 11 is 0. The molecule has 12 heavy (non-hydrogen) atoms. The predicted molar refractivity (Wildman–Crippen MR) is 51.1 cm³/mol. The van der Waals surface area contributed by atoms with E-state index in [1.165, 1.54) is 0 Å². The van der Waals surface area contributed by atoms with E-state index in [1.807, 2.05) is 12.1 Å². The second kappa shape index (κ2) is 4.00. The van der Waals surface area contributed by atoms with Gasteiger partial charge in [0.1, 0.15) is 5.75 Å². The molecule has 0 aliphatic rings. The topological polar surface area (TPSA) is 46.2 Å². The number of hydrogen-bond acceptors (Lipinski definition) is 2. The number of phenols is 1. The second-order valence-corrected chi connectivity index (χ2v) is 2.99. The molecule has 0 saturated carbocycles. The van der Waals surface area contributed by atoms with Crippen molar-refractivity contribution in [1.82, 2.24) is 0 Å². The molecule has 1 aromatic carbocycles. The second-order valence-electron chi connectivity index (χ2n) is 2.99. The molecule has 0 saturated heterocycles. The Balaban J connectivity index is 2.72. The number of nitrogen functional groups attached to an aromatic ring is 1. The third-order valence-electron chi connectivity index (χ3n) is 1.91. The Morgan fingerprint density at radius 3 is 2.75 bits per heavy atom. The Morgan fingerprint density at radius 1 is 1.42 bits per heavy atom. The van der Waals surface area contributed by atoms with Crippen LogP contribution >= 0.6 is 0 Å². The van der Waals surface area contributed by atoms with Crippen LogP contribution in [-0.2, 0) is 6.42 Å². The van der Waals surface area contributed by atoms with E-state index in [2.05, 4.69) is 6.92 Å². The quantitative estimate of drug-likeness (QED) is 0.675. The molecule has 66 valence electrons. The van der Waals surface area contributed by atoms with Crippen molar-refractivity contribution in [3.8, 4) is 5.75 Å². The molecule has 0 bridgehead atoms. The highest BCUT2D eigenvalue weighted by atomic mass is 16.3. The average Bonchev–Trinajstić information content (AvgIpc) is 2.03. The molecular weight excluding hydrogens is 150 g/mol. The van der Waals surface area contributed by atoms with Crippen LogP contribution in [0.25, 0.3) is 0 Å². The third-order valence-corrected chi connectivity index (χ3v) is 1.91. The molecule has 3 N–H and O–H groups in total. The molecular formula is C10H15NO. The van der Waals surface area contributed by atoms with E-state index in [-0.39, 0.29) is 0 Å². The van der Waals surface area contributed by atoms with Crippen molar-refractivity contribution in [3.63, 3.8) is 0 Å². The van der Waals surface area contributed by atoms with Crippen LogP contribution in [0.3, 0.4) is 0 Å². The highest BCUT2D eigenvalue weighted by Gasteiger charge is 1.99. The Bertz CT molecular complexity index is 258. The van der Waals surface area contributed by atoms with Gasteiger partial charge >= 0.3 is 0 Å². The predicted octanol–water partition coefficient (Wildman–Crippen LogP) is 2.32. The maximum absolute atomic E-state index is 9.44. The van der Waals surface area contributed by atoms with Crippen LogP contribution in [0, 0.1) is 0 Å². The van der Waals surface area contributed by atoms with Crippen LogP contribution in [-0.4, -0.2) is 5.11 Å². The fraction of sp³-hybridized carbons (Fsp3) is 0.400. The number of phenolic OH excluding ortho intramolecular Hbond substituents is 1. The zero-order valence-corrected chi connectivity index (χ0v) is 7.38. The van der Waals surface area contributed by atoms with Gasteiger partial charge in [-0.25, -0.2) is 0 Å². The number of aromatic hydroxyl groups is 1. The number of anilines is 1. The van der Waals surface area contributed by atoms with Crippen molar-refractivity contribution in [3.05, 3.63) is 23.8 Å². The smallest absolute Gasteiger partial charge is 0.120 e. The molecule has 0 unspecified atom stereocenters. The molecule has 0 heterocycles. The molecule has 1 rings (SSSR count). The number of rotatable bonds is 3. The van der Waals surface area contributed by atoms with E-state index >= 15 is 0 Å². The van der Waals surface area contributed by atoms with Crippen molar-refractivity contribution >= 4 is 5.69 Å². The Kier molecular flexibility index (Phi) is 2.97. The molecule has 0 aliphatic carbocycles. The molecule has 2 nitrogen and oxygen atoms in total. The monoisotopic (exact) mass is 165 g/mol. The summed E-state index contributed by atoms with van der Waals surface area (Å²) in [7, 11) is 0. The van der Waals surface area contributed by atoms with Gasteiger partial charge < -0.3 is 10.8 Å². The summed E-state index contributed by atoms with van der Waals surface area (Å²) < 4.78 is 0. The van der Waals surface area contributed by atoms with Crippen molar-refractivity contribution < 1.29 is 5.11 Å². The first-order chi connectivity index (χ1) is 5.74. The molecule has 1 aromatic rings. The van der Waals surface area contributed by atoms with E-state index < -0.39 is 0 Å². The SMILES string of the molecule is CCCCc1ccc(N)cc1O. The lowest BCUT2D eigenvalue weighted by Gasteiger charge is -2.03. The van der Waals surface area contributed by atoms with Crippen molar-refractivity contribution in [2.24, 2.45) is 0 Å². The van der Waals surface area contributed by atoms with Crippen LogP contribution < -0.4 is 5.73 Å². The van der Waals surface area contributed by atoms with Gasteiger partial charge in [-0.05, 0) is 24.5 Å². The standard InChI is InChI=1S/C10H15NO/c1-2-3-4-8-5-6-9(11)7-10(8)12/h5-7,12H,2-4,11H2,1H3. The number of benzene rings is 1. The van der Waals surface area contributed by atoms with Gasteiger partial charge in [-0.2, -0.15) is 0 Å². The first-order valence-corrected chi connectivity index (χ1v) is 4.31. The minimum Gasteiger partial charge on any atom is -0.508 e. The van der Waals surface area contributed by atoms with Crippen molar-refractivity contribution in [2.45, 2.75) is 26.2 Å². The summed E-state index contributed by atoms with van der Waals surface area (Å²) in [6.07, 6.45) is 3.18. The zero-order chi connectivity index (χ0) is 8.97. The Hall–Kier alpha value is -1.18. The molecule has 0 atom stereocenters. The summed E-state index contributed by atoms with van der Waals surface area (Å²) in [6, 6.07) is 5.32. The molecule has 2 heteroatoms. The molecule has 0 aromatic heterocycles. The third kappa shape index (κ3) is 2.16. The first kappa shape index (κ1) is 8.91. The highest BCUT2D eigenvalue weighted by molar-refractivity contribution is 5.47. The lowest BCUT2D eigenvalue weighted by Crippen LogP contribution is -1.88. The van der Waals surface area contributed by atoms with E-state index in [9.17, 15) is 5.11 Å². The fourth-order valence-corrected chi connectivity index (χ4v) is 1.16. The molecule has 0 radical (unpaired) electrons. The van der Waals surface area contributed by atoms with E-state index in [4.69, 9.17) is 5.73 Å². The maximum Gasteiger partial charge on any atom is 0.120 e. The number of nitrogens with two attached hydrogens (primary N) is 1. The van der Waals surface area contributed by atoms with Gasteiger partial charge in [0.2, 0.25) is 0 Å². The maximum atomic E-state index is 9.44. The fourth-order valence-electron chi connectivity index (χ4n) is 1.16. The number of hydrogen-bond donors (Lipinski definition) is 2. The number of unbranched alkanes of at least 4 members (excludes halogenated alkanes) is 1. The largest absolute Gasteiger partial charge is 0.508 e.